The van der Waals surface area contributed by atoms with Gasteiger partial charge in [-0.05, 0) is 34.1 Å². The van der Waals surface area contributed by atoms with E-state index in [4.69, 9.17) is 22.8 Å². The number of hydrogen-bond acceptors (Lipinski definition) is 8. The second-order valence-electron chi connectivity index (χ2n) is 6.62. The second kappa shape index (κ2) is 12.6. The van der Waals surface area contributed by atoms with E-state index in [0.29, 0.717) is 32.8 Å². The van der Waals surface area contributed by atoms with Crippen molar-refractivity contribution in [3.63, 3.8) is 0 Å². The molecule has 0 spiro atoms. The van der Waals surface area contributed by atoms with Crippen LogP contribution in [0.5, 0.6) is 0 Å². The summed E-state index contributed by atoms with van der Waals surface area (Å²) in [6, 6.07) is 0. The van der Waals surface area contributed by atoms with E-state index >= 15 is 0 Å². The molecular weight excluding hydrogens is 410 g/mol. The number of hydrogen-bond donors (Lipinski definition) is 0. The Hall–Kier alpha value is -2.01. The van der Waals surface area contributed by atoms with Gasteiger partial charge >= 0.3 is 20.7 Å². The molecule has 0 aromatic rings. The lowest BCUT2D eigenvalue weighted by Crippen LogP contribution is -2.70. The Morgan fingerprint density at radius 1 is 0.967 bits per heavy atom. The molecule has 1 unspecified atom stereocenters. The van der Waals surface area contributed by atoms with Crippen LogP contribution in [-0.4, -0.2) is 76.8 Å². The van der Waals surface area contributed by atoms with Crippen LogP contribution < -0.4 is 0 Å². The minimum absolute atomic E-state index is 0.0861. The lowest BCUT2D eigenvalue weighted by Gasteiger charge is -2.48. The smallest absolute Gasteiger partial charge is 0.462 e. The molecule has 1 amide bonds. The van der Waals surface area contributed by atoms with Gasteiger partial charge in [0.25, 0.3) is 0 Å². The molecule has 0 bridgehead atoms. The minimum atomic E-state index is -3.08. The molecule has 0 aromatic heterocycles. The molecule has 1 aliphatic heterocycles. The van der Waals surface area contributed by atoms with Gasteiger partial charge in [0.05, 0.1) is 6.42 Å². The molecule has 1 aliphatic rings. The van der Waals surface area contributed by atoms with Crippen LogP contribution in [0.4, 0.5) is 0 Å². The third-order valence-corrected chi connectivity index (χ3v) is 7.80. The highest BCUT2D eigenvalue weighted by Gasteiger charge is 2.57. The van der Waals surface area contributed by atoms with Gasteiger partial charge in [-0.1, -0.05) is 13.2 Å². The quantitative estimate of drug-likeness (QED) is 0.173. The van der Waals surface area contributed by atoms with E-state index in [1.165, 1.54) is 6.92 Å². The van der Waals surface area contributed by atoms with E-state index in [1.54, 1.807) is 4.90 Å². The normalized spacial score (nSPS) is 15.9. The zero-order chi connectivity index (χ0) is 22.7. The van der Waals surface area contributed by atoms with Gasteiger partial charge in [-0.15, -0.1) is 0 Å². The number of carbonyl (C=O) groups is 3. The summed E-state index contributed by atoms with van der Waals surface area (Å²) in [4.78, 5) is 37.7. The average Bonchev–Trinajstić information content (AvgIpc) is 2.64. The van der Waals surface area contributed by atoms with Crippen LogP contribution in [0.25, 0.3) is 0 Å². The van der Waals surface area contributed by atoms with E-state index < -0.39 is 20.7 Å². The Bertz CT molecular complexity index is 634. The van der Waals surface area contributed by atoms with Crippen LogP contribution in [0.2, 0.25) is 0 Å². The van der Waals surface area contributed by atoms with Gasteiger partial charge < -0.3 is 27.7 Å². The van der Waals surface area contributed by atoms with Crippen molar-refractivity contribution in [2.45, 2.75) is 46.2 Å². The molecule has 10 heteroatoms. The van der Waals surface area contributed by atoms with Crippen LogP contribution >= 0.6 is 0 Å². The van der Waals surface area contributed by atoms with Crippen molar-refractivity contribution in [3.05, 3.63) is 24.3 Å². The first kappa shape index (κ1) is 26.0. The number of nitrogens with zero attached hydrogens (tertiary/aromatic N) is 1. The predicted octanol–water partition coefficient (Wildman–Crippen LogP) is 1.78. The summed E-state index contributed by atoms with van der Waals surface area (Å²) in [6.45, 7) is 15.8. The number of amides is 1. The summed E-state index contributed by atoms with van der Waals surface area (Å²) in [5.41, 5.74) is 0.0605. The topological polar surface area (TPSA) is 101 Å². The lowest BCUT2D eigenvalue weighted by atomic mass is 10.1. The first-order chi connectivity index (χ1) is 14.2. The van der Waals surface area contributed by atoms with E-state index in [0.717, 1.165) is 0 Å². The van der Waals surface area contributed by atoms with Crippen molar-refractivity contribution in [3.8, 4) is 0 Å². The summed E-state index contributed by atoms with van der Waals surface area (Å²) in [5.74, 6) is -1.53. The maximum atomic E-state index is 12.8. The molecule has 0 aromatic carbocycles. The molecule has 30 heavy (non-hydrogen) atoms. The Kier molecular flexibility index (Phi) is 11.0. The molecular formula is C20H33NO8Si. The van der Waals surface area contributed by atoms with Crippen molar-refractivity contribution in [1.82, 2.24) is 4.90 Å². The maximum Gasteiger partial charge on any atom is 0.524 e. The number of likely N-dealkylation sites (tertiary alicyclic amines) is 1. The number of ether oxygens (including phenoxy) is 2. The zero-order valence-electron chi connectivity index (χ0n) is 18.4. The summed E-state index contributed by atoms with van der Waals surface area (Å²) in [6.07, 6.45) is 0.437. The monoisotopic (exact) mass is 443 g/mol. The largest absolute Gasteiger partial charge is 0.524 e. The molecule has 0 N–H and O–H groups in total. The fraction of sp³-hybridized carbons (Fsp3) is 0.650. The van der Waals surface area contributed by atoms with Crippen LogP contribution in [-0.2, 0) is 37.1 Å². The van der Waals surface area contributed by atoms with Gasteiger partial charge in [0.2, 0.25) is 5.91 Å². The van der Waals surface area contributed by atoms with E-state index in [2.05, 4.69) is 13.2 Å². The summed E-state index contributed by atoms with van der Waals surface area (Å²) in [7, 11) is -3.08. The summed E-state index contributed by atoms with van der Waals surface area (Å²) < 4.78 is 27.5. The third kappa shape index (κ3) is 7.05. The number of rotatable bonds is 14. The van der Waals surface area contributed by atoms with Crippen molar-refractivity contribution >= 4 is 26.7 Å². The molecule has 1 heterocycles. The van der Waals surface area contributed by atoms with E-state index in [1.807, 2.05) is 20.8 Å². The fourth-order valence-electron chi connectivity index (χ4n) is 2.93. The van der Waals surface area contributed by atoms with Crippen molar-refractivity contribution in [1.29, 1.82) is 0 Å². The Balaban J connectivity index is 2.60. The highest BCUT2D eigenvalue weighted by atomic mass is 28.4. The molecule has 0 aliphatic carbocycles. The van der Waals surface area contributed by atoms with Crippen LogP contribution in [0.1, 0.15) is 40.5 Å². The van der Waals surface area contributed by atoms with Gasteiger partial charge in [0.1, 0.15) is 18.9 Å². The van der Waals surface area contributed by atoms with Crippen molar-refractivity contribution in [2.24, 2.45) is 0 Å². The zero-order valence-corrected chi connectivity index (χ0v) is 19.4. The van der Waals surface area contributed by atoms with E-state index in [-0.39, 0.29) is 42.4 Å². The number of carbonyl (C=O) groups excluding carboxylic acids is 3. The van der Waals surface area contributed by atoms with Crippen molar-refractivity contribution < 1.29 is 37.1 Å². The van der Waals surface area contributed by atoms with Gasteiger partial charge in [-0.3, -0.25) is 9.59 Å². The molecule has 1 saturated heterocycles. The maximum absolute atomic E-state index is 12.8. The van der Waals surface area contributed by atoms with Crippen LogP contribution in [0.3, 0.4) is 0 Å². The molecule has 170 valence electrons. The Labute approximate surface area is 179 Å². The highest BCUT2D eigenvalue weighted by molar-refractivity contribution is 6.63. The molecule has 1 fully saturated rings. The van der Waals surface area contributed by atoms with Gasteiger partial charge in [0, 0.05) is 37.5 Å². The van der Waals surface area contributed by atoms with Gasteiger partial charge in [-0.25, -0.2) is 4.79 Å². The predicted molar refractivity (Wildman–Crippen MR) is 111 cm³/mol. The first-order valence-electron chi connectivity index (χ1n) is 10.1. The van der Waals surface area contributed by atoms with Gasteiger partial charge in [-0.2, -0.15) is 0 Å². The molecule has 0 saturated carbocycles. The van der Waals surface area contributed by atoms with Gasteiger partial charge in [0.15, 0.2) is 0 Å². The molecule has 0 radical (unpaired) electrons. The second-order valence-corrected chi connectivity index (χ2v) is 9.36. The highest BCUT2D eigenvalue weighted by Crippen LogP contribution is 2.31. The average molecular weight is 444 g/mol. The van der Waals surface area contributed by atoms with E-state index in [9.17, 15) is 14.4 Å². The molecule has 1 atom stereocenters. The number of esters is 2. The molecule has 1 rings (SSSR count). The summed E-state index contributed by atoms with van der Waals surface area (Å²) >= 11 is 0. The lowest BCUT2D eigenvalue weighted by molar-refractivity contribution is -0.150. The SMILES string of the molecule is C=C(C)C(=O)OCCOC(=O)CC(=C)C(=O)N1CCC1[Si](OCC)(OCC)OCC. The van der Waals surface area contributed by atoms with Crippen LogP contribution in [0.15, 0.2) is 24.3 Å². The van der Waals surface area contributed by atoms with Crippen LogP contribution in [0, 0.1) is 0 Å². The summed E-state index contributed by atoms with van der Waals surface area (Å²) in [5, 5.41) is 0. The minimum Gasteiger partial charge on any atom is -0.462 e. The van der Waals surface area contributed by atoms with Crippen molar-refractivity contribution in [2.75, 3.05) is 39.6 Å². The standard InChI is InChI=1S/C20H33NO8Si/c1-7-27-30(28-8-2,29-9-3)17-10-11-21(17)19(23)16(6)14-18(22)25-12-13-26-20(24)15(4)5/h17H,4,6-14H2,1-3,5H3. The molecule has 9 nitrogen and oxygen atoms in total. The Morgan fingerprint density at radius 2 is 1.50 bits per heavy atom. The third-order valence-electron chi connectivity index (χ3n) is 4.31. The first-order valence-corrected chi connectivity index (χ1v) is 11.9. The Morgan fingerprint density at radius 3 is 1.93 bits per heavy atom. The fourth-order valence-corrected chi connectivity index (χ4v) is 6.08.